The zero-order chi connectivity index (χ0) is 11.0. The molecule has 2 aliphatic rings. The highest BCUT2D eigenvalue weighted by Gasteiger charge is 2.31. The van der Waals surface area contributed by atoms with E-state index in [0.29, 0.717) is 0 Å². The Morgan fingerprint density at radius 3 is 2.69 bits per heavy atom. The molecule has 1 nitrogen and oxygen atoms in total. The van der Waals surface area contributed by atoms with Crippen LogP contribution in [-0.2, 0) is 6.42 Å². The molecule has 0 bridgehead atoms. The third kappa shape index (κ3) is 1.67. The number of fused-ring (bicyclic) bond motifs is 1. The zero-order valence-corrected chi connectivity index (χ0v) is 10.2. The summed E-state index contributed by atoms with van der Waals surface area (Å²) in [6.45, 7) is 5.08. The molecule has 16 heavy (non-hydrogen) atoms. The average Bonchev–Trinajstić information content (AvgIpc) is 2.83. The van der Waals surface area contributed by atoms with Gasteiger partial charge in [0, 0.05) is 6.04 Å². The van der Waals surface area contributed by atoms with Gasteiger partial charge in [-0.05, 0) is 55.8 Å². The minimum atomic E-state index is 0.725. The van der Waals surface area contributed by atoms with Crippen molar-refractivity contribution in [1.82, 2.24) is 4.90 Å². The number of likely N-dealkylation sites (tertiary alicyclic amines) is 1. The molecule has 1 aliphatic heterocycles. The third-order valence-corrected chi connectivity index (χ3v) is 4.44. The van der Waals surface area contributed by atoms with Gasteiger partial charge in [-0.1, -0.05) is 31.2 Å². The smallest absolute Gasteiger partial charge is 0.0165 e. The van der Waals surface area contributed by atoms with E-state index in [-0.39, 0.29) is 0 Å². The van der Waals surface area contributed by atoms with Crippen LogP contribution in [0.3, 0.4) is 0 Å². The van der Waals surface area contributed by atoms with Crippen LogP contribution >= 0.6 is 0 Å². The second-order valence-corrected chi connectivity index (χ2v) is 5.34. The summed E-state index contributed by atoms with van der Waals surface area (Å²) in [5, 5.41) is 0. The van der Waals surface area contributed by atoms with E-state index in [1.54, 1.807) is 11.1 Å². The Morgan fingerprint density at radius 1 is 1.12 bits per heavy atom. The Morgan fingerprint density at radius 2 is 1.88 bits per heavy atom. The van der Waals surface area contributed by atoms with Crippen molar-refractivity contribution < 1.29 is 0 Å². The van der Waals surface area contributed by atoms with Gasteiger partial charge < -0.3 is 0 Å². The normalized spacial score (nSPS) is 30.3. The fourth-order valence-corrected chi connectivity index (χ4v) is 3.54. The molecule has 0 N–H and O–H groups in total. The summed E-state index contributed by atoms with van der Waals surface area (Å²) < 4.78 is 0. The van der Waals surface area contributed by atoms with Crippen LogP contribution in [0.15, 0.2) is 24.3 Å². The monoisotopic (exact) mass is 215 g/mol. The first-order valence-electron chi connectivity index (χ1n) is 6.68. The molecule has 0 amide bonds. The van der Waals surface area contributed by atoms with Crippen LogP contribution in [0.1, 0.15) is 43.2 Å². The number of aryl methyl sites for hydroxylation is 1. The van der Waals surface area contributed by atoms with Crippen molar-refractivity contribution in [2.24, 2.45) is 0 Å². The van der Waals surface area contributed by atoms with Crippen molar-refractivity contribution >= 4 is 0 Å². The molecule has 1 fully saturated rings. The Hall–Kier alpha value is -0.820. The first-order valence-corrected chi connectivity index (χ1v) is 6.68. The lowest BCUT2D eigenvalue weighted by Gasteiger charge is -2.37. The van der Waals surface area contributed by atoms with E-state index in [0.717, 1.165) is 12.0 Å². The topological polar surface area (TPSA) is 3.24 Å². The van der Waals surface area contributed by atoms with Gasteiger partial charge in [-0.15, -0.1) is 0 Å². The summed E-state index contributed by atoms with van der Waals surface area (Å²) in [6, 6.07) is 9.83. The number of hydrogen-bond acceptors (Lipinski definition) is 1. The molecule has 1 saturated heterocycles. The largest absolute Gasteiger partial charge is 0.300 e. The molecule has 86 valence electrons. The lowest BCUT2D eigenvalue weighted by atomic mass is 9.80. The Kier molecular flexibility index (Phi) is 2.72. The van der Waals surface area contributed by atoms with Crippen molar-refractivity contribution in [3.63, 3.8) is 0 Å². The number of hydrogen-bond donors (Lipinski definition) is 0. The van der Waals surface area contributed by atoms with Gasteiger partial charge >= 0.3 is 0 Å². The summed E-state index contributed by atoms with van der Waals surface area (Å²) in [7, 11) is 0. The van der Waals surface area contributed by atoms with Gasteiger partial charge in [0.1, 0.15) is 0 Å². The zero-order valence-electron chi connectivity index (χ0n) is 10.2. The highest BCUT2D eigenvalue weighted by atomic mass is 15.2. The van der Waals surface area contributed by atoms with E-state index in [1.807, 2.05) is 0 Å². The van der Waals surface area contributed by atoms with Crippen molar-refractivity contribution in [2.45, 2.75) is 44.6 Å². The van der Waals surface area contributed by atoms with Gasteiger partial charge in [0.25, 0.3) is 0 Å². The van der Waals surface area contributed by atoms with Crippen molar-refractivity contribution in [3.05, 3.63) is 35.4 Å². The molecule has 1 aromatic rings. The van der Waals surface area contributed by atoms with Crippen LogP contribution in [-0.4, -0.2) is 24.0 Å². The standard InChI is InChI=1S/C15H21N/c1-12-14-7-3-2-6-13(14)8-9-15(12)16-10-4-5-11-16/h2-3,6-7,12,15H,4-5,8-11H2,1H3/t12?,15-/m0/s1. The summed E-state index contributed by atoms with van der Waals surface area (Å²) in [6.07, 6.45) is 5.45. The second kappa shape index (κ2) is 4.21. The van der Waals surface area contributed by atoms with E-state index in [2.05, 4.69) is 36.1 Å². The van der Waals surface area contributed by atoms with E-state index in [4.69, 9.17) is 0 Å². The minimum Gasteiger partial charge on any atom is -0.300 e. The van der Waals surface area contributed by atoms with Crippen molar-refractivity contribution in [1.29, 1.82) is 0 Å². The van der Waals surface area contributed by atoms with Gasteiger partial charge in [0.15, 0.2) is 0 Å². The maximum absolute atomic E-state index is 2.72. The highest BCUT2D eigenvalue weighted by molar-refractivity contribution is 5.33. The molecule has 1 aliphatic carbocycles. The van der Waals surface area contributed by atoms with Gasteiger partial charge in [-0.2, -0.15) is 0 Å². The first-order chi connectivity index (χ1) is 7.86. The number of nitrogens with zero attached hydrogens (tertiary/aromatic N) is 1. The lowest BCUT2D eigenvalue weighted by molar-refractivity contribution is 0.196. The quantitative estimate of drug-likeness (QED) is 0.695. The molecule has 1 heteroatoms. The van der Waals surface area contributed by atoms with Gasteiger partial charge in [-0.3, -0.25) is 4.90 Å². The van der Waals surface area contributed by atoms with E-state index in [1.165, 1.54) is 38.8 Å². The molecule has 0 saturated carbocycles. The number of benzene rings is 1. The van der Waals surface area contributed by atoms with Crippen LogP contribution in [0.5, 0.6) is 0 Å². The maximum Gasteiger partial charge on any atom is 0.0165 e. The average molecular weight is 215 g/mol. The van der Waals surface area contributed by atoms with Crippen LogP contribution < -0.4 is 0 Å². The minimum absolute atomic E-state index is 0.725. The van der Waals surface area contributed by atoms with Gasteiger partial charge in [0.2, 0.25) is 0 Å². The summed E-state index contributed by atoms with van der Waals surface area (Å²) in [5.74, 6) is 0.725. The fraction of sp³-hybridized carbons (Fsp3) is 0.600. The third-order valence-electron chi connectivity index (χ3n) is 4.44. The molecule has 1 heterocycles. The van der Waals surface area contributed by atoms with Crippen LogP contribution in [0.25, 0.3) is 0 Å². The summed E-state index contributed by atoms with van der Waals surface area (Å²) in [5.41, 5.74) is 3.19. The molecule has 1 aromatic carbocycles. The van der Waals surface area contributed by atoms with Crippen LogP contribution in [0, 0.1) is 0 Å². The van der Waals surface area contributed by atoms with E-state index in [9.17, 15) is 0 Å². The second-order valence-electron chi connectivity index (χ2n) is 5.34. The van der Waals surface area contributed by atoms with Crippen molar-refractivity contribution in [2.75, 3.05) is 13.1 Å². The Balaban J connectivity index is 1.85. The molecular weight excluding hydrogens is 194 g/mol. The molecular formula is C15H21N. The Bertz CT molecular complexity index is 365. The van der Waals surface area contributed by atoms with Crippen LogP contribution in [0.2, 0.25) is 0 Å². The van der Waals surface area contributed by atoms with Gasteiger partial charge in [-0.25, -0.2) is 0 Å². The first kappa shape index (κ1) is 10.3. The van der Waals surface area contributed by atoms with Crippen LogP contribution in [0.4, 0.5) is 0 Å². The fourth-order valence-electron chi connectivity index (χ4n) is 3.54. The van der Waals surface area contributed by atoms with E-state index >= 15 is 0 Å². The molecule has 0 spiro atoms. The SMILES string of the molecule is CC1c2ccccc2CC[C@@H]1N1CCCC1. The molecule has 1 unspecified atom stereocenters. The summed E-state index contributed by atoms with van der Waals surface area (Å²) in [4.78, 5) is 2.72. The molecule has 0 aromatic heterocycles. The highest BCUT2D eigenvalue weighted by Crippen LogP contribution is 2.35. The lowest BCUT2D eigenvalue weighted by Crippen LogP contribution is -2.39. The number of rotatable bonds is 1. The van der Waals surface area contributed by atoms with Gasteiger partial charge in [0.05, 0.1) is 0 Å². The maximum atomic E-state index is 2.72. The molecule has 3 rings (SSSR count). The van der Waals surface area contributed by atoms with Crippen molar-refractivity contribution in [3.8, 4) is 0 Å². The predicted molar refractivity (Wildman–Crippen MR) is 67.8 cm³/mol. The molecule has 0 radical (unpaired) electrons. The van der Waals surface area contributed by atoms with E-state index < -0.39 is 0 Å². The predicted octanol–water partition coefficient (Wildman–Crippen LogP) is 3.20. The Labute approximate surface area is 98.5 Å². The molecule has 2 atom stereocenters. The summed E-state index contributed by atoms with van der Waals surface area (Å²) >= 11 is 0.